The molecule has 4 heterocycles. The van der Waals surface area contributed by atoms with Crippen molar-refractivity contribution in [3.05, 3.63) is 36.7 Å². The summed E-state index contributed by atoms with van der Waals surface area (Å²) in [5.74, 6) is 2.96. The Morgan fingerprint density at radius 2 is 1.97 bits per heavy atom. The van der Waals surface area contributed by atoms with Gasteiger partial charge in [-0.3, -0.25) is 4.79 Å². The van der Waals surface area contributed by atoms with Gasteiger partial charge in [0, 0.05) is 37.1 Å². The fourth-order valence-corrected chi connectivity index (χ4v) is 4.00. The second-order valence-electron chi connectivity index (χ2n) is 8.44. The number of ketones is 1. The molecule has 8 nitrogen and oxygen atoms in total. The highest BCUT2D eigenvalue weighted by molar-refractivity contribution is 5.86. The van der Waals surface area contributed by atoms with Gasteiger partial charge in [-0.05, 0) is 37.3 Å². The highest BCUT2D eigenvalue weighted by atomic mass is 16.5. The van der Waals surface area contributed by atoms with Crippen LogP contribution >= 0.6 is 0 Å². The first-order valence-corrected chi connectivity index (χ1v) is 10.7. The number of furan rings is 1. The summed E-state index contributed by atoms with van der Waals surface area (Å²) in [6, 6.07) is 7.42. The molecule has 0 radical (unpaired) electrons. The average molecular weight is 418 g/mol. The Balaban J connectivity index is 1.29. The molecule has 2 aliphatic carbocycles. The van der Waals surface area contributed by atoms with Crippen molar-refractivity contribution in [3.63, 3.8) is 0 Å². The van der Waals surface area contributed by atoms with Gasteiger partial charge in [0.25, 0.3) is 0 Å². The number of Topliss-reactive ketones (excluding diaryl/α,β-unsaturated/α-hetero) is 1. The lowest BCUT2D eigenvalue weighted by molar-refractivity contribution is -0.117. The first-order valence-electron chi connectivity index (χ1n) is 10.7. The first kappa shape index (κ1) is 18.4. The van der Waals surface area contributed by atoms with E-state index in [2.05, 4.69) is 15.1 Å². The standard InChI is InChI=1S/C23H22N4O4/c28-16-4-3-15(9-16)13-29-22-6-5-21-25-11-18(27(21)26-22)20-10-17-19(31-20)7-8-24-23(17)30-12-14-1-2-14/h5-8,10-11,14-15H,1-4,9,12-13H2/t15-/m0/s1. The van der Waals surface area contributed by atoms with Crippen molar-refractivity contribution in [2.75, 3.05) is 13.2 Å². The number of hydrogen-bond acceptors (Lipinski definition) is 7. The summed E-state index contributed by atoms with van der Waals surface area (Å²) in [5.41, 5.74) is 2.13. The van der Waals surface area contributed by atoms with Gasteiger partial charge in [-0.25, -0.2) is 14.5 Å². The molecule has 0 unspecified atom stereocenters. The zero-order chi connectivity index (χ0) is 20.8. The lowest BCUT2D eigenvalue weighted by Gasteiger charge is -2.10. The first-order chi connectivity index (χ1) is 15.2. The molecule has 2 fully saturated rings. The van der Waals surface area contributed by atoms with E-state index < -0.39 is 0 Å². The van der Waals surface area contributed by atoms with Gasteiger partial charge in [0.15, 0.2) is 11.4 Å². The minimum Gasteiger partial charge on any atom is -0.477 e. The van der Waals surface area contributed by atoms with E-state index in [1.807, 2.05) is 18.2 Å². The lowest BCUT2D eigenvalue weighted by Crippen LogP contribution is -2.10. The quantitative estimate of drug-likeness (QED) is 0.447. The van der Waals surface area contributed by atoms with Crippen molar-refractivity contribution < 1.29 is 18.7 Å². The molecular formula is C23H22N4O4. The molecule has 0 bridgehead atoms. The zero-order valence-corrected chi connectivity index (χ0v) is 17.0. The minimum atomic E-state index is 0.268. The topological polar surface area (TPSA) is 91.8 Å². The molecule has 2 saturated carbocycles. The van der Waals surface area contributed by atoms with Crippen molar-refractivity contribution in [3.8, 4) is 23.2 Å². The van der Waals surface area contributed by atoms with Crippen molar-refractivity contribution in [2.24, 2.45) is 11.8 Å². The number of carbonyl (C=O) groups is 1. The number of pyridine rings is 1. The molecule has 0 spiro atoms. The van der Waals surface area contributed by atoms with Crippen LogP contribution in [0.2, 0.25) is 0 Å². The van der Waals surface area contributed by atoms with Gasteiger partial charge in [-0.1, -0.05) is 0 Å². The molecule has 0 saturated heterocycles. The van der Waals surface area contributed by atoms with Crippen LogP contribution in [0, 0.1) is 11.8 Å². The Kier molecular flexibility index (Phi) is 4.36. The second-order valence-corrected chi connectivity index (χ2v) is 8.44. The SMILES string of the molecule is O=C1CC[C@H](COc2ccc3ncc(-c4cc5c(OCC6CC6)nccc5o4)n3n2)C1. The Morgan fingerprint density at radius 3 is 2.81 bits per heavy atom. The van der Waals surface area contributed by atoms with Gasteiger partial charge in [0.2, 0.25) is 11.8 Å². The van der Waals surface area contributed by atoms with E-state index in [4.69, 9.17) is 13.9 Å². The number of carbonyl (C=O) groups excluding carboxylic acids is 1. The van der Waals surface area contributed by atoms with Gasteiger partial charge in [0.05, 0.1) is 24.8 Å². The van der Waals surface area contributed by atoms with Gasteiger partial charge >= 0.3 is 0 Å². The average Bonchev–Trinajstić information content (AvgIpc) is 3.16. The van der Waals surface area contributed by atoms with Gasteiger partial charge in [0.1, 0.15) is 17.1 Å². The molecule has 0 aliphatic heterocycles. The fraction of sp³-hybridized carbons (Fsp3) is 0.391. The van der Waals surface area contributed by atoms with Crippen LogP contribution in [-0.4, -0.2) is 38.6 Å². The van der Waals surface area contributed by atoms with E-state index in [9.17, 15) is 4.79 Å². The summed E-state index contributed by atoms with van der Waals surface area (Å²) in [4.78, 5) is 20.3. The van der Waals surface area contributed by atoms with Crippen LogP contribution < -0.4 is 9.47 Å². The summed E-state index contributed by atoms with van der Waals surface area (Å²) in [7, 11) is 0. The molecule has 0 amide bonds. The molecule has 6 rings (SSSR count). The van der Waals surface area contributed by atoms with Crippen LogP contribution in [0.25, 0.3) is 28.1 Å². The molecule has 8 heteroatoms. The predicted molar refractivity (Wildman–Crippen MR) is 112 cm³/mol. The van der Waals surface area contributed by atoms with E-state index in [1.165, 1.54) is 12.8 Å². The predicted octanol–water partition coefficient (Wildman–Crippen LogP) is 4.07. The third-order valence-electron chi connectivity index (χ3n) is 5.97. The number of ether oxygens (including phenoxy) is 2. The van der Waals surface area contributed by atoms with E-state index in [1.54, 1.807) is 23.0 Å². The molecule has 0 N–H and O–H groups in total. The van der Waals surface area contributed by atoms with Crippen molar-refractivity contribution in [1.29, 1.82) is 0 Å². The third-order valence-corrected chi connectivity index (χ3v) is 5.97. The number of hydrogen-bond donors (Lipinski definition) is 0. The Labute approximate surface area is 178 Å². The summed E-state index contributed by atoms with van der Waals surface area (Å²) in [6.45, 7) is 1.18. The molecule has 0 aromatic carbocycles. The number of imidazole rings is 1. The minimum absolute atomic E-state index is 0.268. The molecule has 158 valence electrons. The van der Waals surface area contributed by atoms with Crippen LogP contribution in [0.3, 0.4) is 0 Å². The van der Waals surface area contributed by atoms with Crippen LogP contribution in [0.5, 0.6) is 11.8 Å². The van der Waals surface area contributed by atoms with Crippen molar-refractivity contribution >= 4 is 22.4 Å². The third kappa shape index (κ3) is 3.62. The molecule has 4 aromatic rings. The summed E-state index contributed by atoms with van der Waals surface area (Å²) in [6.07, 6.45) is 8.01. The number of nitrogens with zero attached hydrogens (tertiary/aromatic N) is 4. The Hall–Kier alpha value is -3.42. The van der Waals surface area contributed by atoms with Crippen LogP contribution in [0.1, 0.15) is 32.1 Å². The molecule has 31 heavy (non-hydrogen) atoms. The van der Waals surface area contributed by atoms with E-state index in [-0.39, 0.29) is 5.92 Å². The summed E-state index contributed by atoms with van der Waals surface area (Å²) in [5, 5.41) is 5.43. The van der Waals surface area contributed by atoms with Crippen LogP contribution in [0.4, 0.5) is 0 Å². The highest BCUT2D eigenvalue weighted by Crippen LogP contribution is 2.34. The number of fused-ring (bicyclic) bond motifs is 2. The second kappa shape index (κ2) is 7.37. The smallest absolute Gasteiger partial charge is 0.231 e. The Bertz CT molecular complexity index is 1270. The van der Waals surface area contributed by atoms with E-state index in [0.29, 0.717) is 66.5 Å². The number of aromatic nitrogens is 4. The molecule has 1 atom stereocenters. The summed E-state index contributed by atoms with van der Waals surface area (Å²) >= 11 is 0. The maximum Gasteiger partial charge on any atom is 0.231 e. The van der Waals surface area contributed by atoms with Crippen LogP contribution in [0.15, 0.2) is 41.1 Å². The monoisotopic (exact) mass is 418 g/mol. The fourth-order valence-electron chi connectivity index (χ4n) is 4.00. The molecular weight excluding hydrogens is 396 g/mol. The Morgan fingerprint density at radius 1 is 1.06 bits per heavy atom. The normalized spacial score (nSPS) is 18.8. The van der Waals surface area contributed by atoms with Crippen LogP contribution in [-0.2, 0) is 4.79 Å². The zero-order valence-electron chi connectivity index (χ0n) is 17.0. The maximum atomic E-state index is 11.5. The molecule has 2 aliphatic rings. The largest absolute Gasteiger partial charge is 0.477 e. The highest BCUT2D eigenvalue weighted by Gasteiger charge is 2.24. The van der Waals surface area contributed by atoms with Gasteiger partial charge in [-0.2, -0.15) is 0 Å². The molecule has 4 aromatic heterocycles. The van der Waals surface area contributed by atoms with Crippen molar-refractivity contribution in [2.45, 2.75) is 32.1 Å². The van der Waals surface area contributed by atoms with E-state index >= 15 is 0 Å². The van der Waals surface area contributed by atoms with Gasteiger partial charge in [-0.15, -0.1) is 5.10 Å². The lowest BCUT2D eigenvalue weighted by atomic mass is 10.1. The number of rotatable bonds is 7. The van der Waals surface area contributed by atoms with Gasteiger partial charge < -0.3 is 13.9 Å². The van der Waals surface area contributed by atoms with E-state index in [0.717, 1.165) is 17.5 Å². The maximum absolute atomic E-state index is 11.5. The summed E-state index contributed by atoms with van der Waals surface area (Å²) < 4.78 is 19.6. The van der Waals surface area contributed by atoms with Crippen molar-refractivity contribution in [1.82, 2.24) is 19.6 Å².